The molecule has 1 fully saturated rings. The van der Waals surface area contributed by atoms with Crippen molar-refractivity contribution in [2.24, 2.45) is 5.41 Å². The Balaban J connectivity index is 2.42. The van der Waals surface area contributed by atoms with Crippen LogP contribution in [-0.4, -0.2) is 53.7 Å². The molecule has 1 aromatic carbocycles. The summed E-state index contributed by atoms with van der Waals surface area (Å²) in [5.74, 6) is -0.285. The third-order valence-electron chi connectivity index (χ3n) is 4.92. The number of aliphatic hydroxyl groups is 1. The van der Waals surface area contributed by atoms with E-state index in [4.69, 9.17) is 4.74 Å². The number of nitrogens with one attached hydrogen (secondary N) is 1. The number of hydrogen-bond acceptors (Lipinski definition) is 4. The second-order valence-corrected chi connectivity index (χ2v) is 8.77. The monoisotopic (exact) mass is 376 g/mol. The highest BCUT2D eigenvalue weighted by Gasteiger charge is 2.47. The zero-order valence-corrected chi connectivity index (χ0v) is 17.0. The first-order valence-electron chi connectivity index (χ1n) is 9.40. The van der Waals surface area contributed by atoms with Gasteiger partial charge in [-0.05, 0) is 24.3 Å². The first-order valence-corrected chi connectivity index (χ1v) is 9.40. The van der Waals surface area contributed by atoms with Crippen LogP contribution in [0.3, 0.4) is 0 Å². The van der Waals surface area contributed by atoms with E-state index in [0.717, 1.165) is 5.56 Å². The molecule has 2 amide bonds. The molecule has 1 saturated heterocycles. The van der Waals surface area contributed by atoms with Crippen LogP contribution in [0.2, 0.25) is 0 Å². The number of benzene rings is 1. The minimum absolute atomic E-state index is 0.0258. The van der Waals surface area contributed by atoms with Crippen molar-refractivity contribution in [3.8, 4) is 0 Å². The molecule has 1 aromatic rings. The molecular weight excluding hydrogens is 344 g/mol. The molecular formula is C21H32N2O4. The minimum Gasteiger partial charge on any atom is -0.388 e. The molecule has 1 aliphatic heterocycles. The van der Waals surface area contributed by atoms with Crippen LogP contribution in [0.25, 0.3) is 0 Å². The normalized spacial score (nSPS) is 25.9. The van der Waals surface area contributed by atoms with Gasteiger partial charge in [-0.15, -0.1) is 0 Å². The molecule has 6 heteroatoms. The van der Waals surface area contributed by atoms with Crippen molar-refractivity contribution in [2.45, 2.75) is 58.2 Å². The van der Waals surface area contributed by atoms with Gasteiger partial charge in [-0.3, -0.25) is 9.59 Å². The van der Waals surface area contributed by atoms with Gasteiger partial charge in [0, 0.05) is 20.1 Å². The molecule has 6 nitrogen and oxygen atoms in total. The standard InChI is InChI=1S/C21H32N2O4/c1-20(2,3)13-17(25)23-12-11-21(4,26)19(22-16(24)14-27-5)18(23)15-9-7-6-8-10-15/h6-10,18-19,26H,11-14H2,1-5H3,(H,22,24)/t18-,19-,21+/m0/s1. The first-order chi connectivity index (χ1) is 12.5. The van der Waals surface area contributed by atoms with Gasteiger partial charge in [-0.2, -0.15) is 0 Å². The third-order valence-corrected chi connectivity index (χ3v) is 4.92. The molecule has 1 aliphatic rings. The Hall–Kier alpha value is -1.92. The molecule has 150 valence electrons. The van der Waals surface area contributed by atoms with Crippen LogP contribution < -0.4 is 5.32 Å². The highest BCUT2D eigenvalue weighted by atomic mass is 16.5. The van der Waals surface area contributed by atoms with Crippen molar-refractivity contribution >= 4 is 11.8 Å². The van der Waals surface area contributed by atoms with Crippen LogP contribution in [-0.2, 0) is 14.3 Å². The Morgan fingerprint density at radius 2 is 1.93 bits per heavy atom. The number of amides is 2. The van der Waals surface area contributed by atoms with E-state index in [1.807, 2.05) is 51.1 Å². The van der Waals surface area contributed by atoms with E-state index in [9.17, 15) is 14.7 Å². The lowest BCUT2D eigenvalue weighted by molar-refractivity contribution is -0.148. The van der Waals surface area contributed by atoms with Gasteiger partial charge in [-0.25, -0.2) is 0 Å². The van der Waals surface area contributed by atoms with Crippen LogP contribution in [0, 0.1) is 5.41 Å². The predicted octanol–water partition coefficient (Wildman–Crippen LogP) is 2.28. The highest BCUT2D eigenvalue weighted by molar-refractivity contribution is 5.79. The van der Waals surface area contributed by atoms with Gasteiger partial charge in [0.05, 0.1) is 17.7 Å². The summed E-state index contributed by atoms with van der Waals surface area (Å²) in [4.78, 5) is 27.1. The minimum atomic E-state index is -1.14. The van der Waals surface area contributed by atoms with Crippen molar-refractivity contribution in [1.29, 1.82) is 0 Å². The highest BCUT2D eigenvalue weighted by Crippen LogP contribution is 2.38. The van der Waals surface area contributed by atoms with Gasteiger partial charge in [0.25, 0.3) is 0 Å². The van der Waals surface area contributed by atoms with E-state index in [2.05, 4.69) is 5.32 Å². The van der Waals surface area contributed by atoms with Crippen molar-refractivity contribution in [1.82, 2.24) is 10.2 Å². The average Bonchev–Trinajstić information content (AvgIpc) is 2.55. The molecule has 27 heavy (non-hydrogen) atoms. The summed E-state index contributed by atoms with van der Waals surface area (Å²) >= 11 is 0. The molecule has 3 atom stereocenters. The zero-order valence-electron chi connectivity index (χ0n) is 17.0. The second-order valence-electron chi connectivity index (χ2n) is 8.77. The Kier molecular flexibility index (Phi) is 6.65. The molecule has 1 heterocycles. The molecule has 0 spiro atoms. The van der Waals surface area contributed by atoms with E-state index in [0.29, 0.717) is 19.4 Å². The summed E-state index contributed by atoms with van der Waals surface area (Å²) in [6, 6.07) is 8.51. The van der Waals surface area contributed by atoms with E-state index >= 15 is 0 Å². The number of likely N-dealkylation sites (tertiary alicyclic amines) is 1. The number of rotatable bonds is 5. The van der Waals surface area contributed by atoms with E-state index in [1.54, 1.807) is 11.8 Å². The van der Waals surface area contributed by atoms with Crippen molar-refractivity contribution in [3.05, 3.63) is 35.9 Å². The van der Waals surface area contributed by atoms with E-state index in [-0.39, 0.29) is 23.8 Å². The number of methoxy groups -OCH3 is 1. The maximum absolute atomic E-state index is 13.1. The smallest absolute Gasteiger partial charge is 0.246 e. The lowest BCUT2D eigenvalue weighted by atomic mass is 9.79. The Bertz CT molecular complexity index is 652. The number of piperidine rings is 1. The van der Waals surface area contributed by atoms with Gasteiger partial charge in [0.1, 0.15) is 6.61 Å². The molecule has 0 aromatic heterocycles. The lowest BCUT2D eigenvalue weighted by Crippen LogP contribution is -2.63. The summed E-state index contributed by atoms with van der Waals surface area (Å²) in [6.45, 7) is 8.15. The summed E-state index contributed by atoms with van der Waals surface area (Å²) in [7, 11) is 1.45. The Morgan fingerprint density at radius 1 is 1.30 bits per heavy atom. The number of nitrogens with zero attached hydrogens (tertiary/aromatic N) is 1. The third kappa shape index (κ3) is 5.53. The summed E-state index contributed by atoms with van der Waals surface area (Å²) < 4.78 is 4.92. The van der Waals surface area contributed by atoms with Crippen LogP contribution in [0.15, 0.2) is 30.3 Å². The van der Waals surface area contributed by atoms with E-state index < -0.39 is 17.7 Å². The van der Waals surface area contributed by atoms with Crippen LogP contribution >= 0.6 is 0 Å². The lowest BCUT2D eigenvalue weighted by Gasteiger charge is -2.49. The quantitative estimate of drug-likeness (QED) is 0.826. The van der Waals surface area contributed by atoms with E-state index in [1.165, 1.54) is 7.11 Å². The number of ether oxygens (including phenoxy) is 1. The SMILES string of the molecule is COCC(=O)N[C@H]1[C@H](c2ccccc2)N(C(=O)CC(C)(C)C)CC[C@@]1(C)O. The van der Waals surface area contributed by atoms with Gasteiger partial charge < -0.3 is 20.1 Å². The maximum atomic E-state index is 13.1. The zero-order chi connectivity index (χ0) is 20.2. The molecule has 0 radical (unpaired) electrons. The summed E-state index contributed by atoms with van der Waals surface area (Å²) in [5, 5.41) is 13.9. The van der Waals surface area contributed by atoms with Gasteiger partial charge >= 0.3 is 0 Å². The maximum Gasteiger partial charge on any atom is 0.246 e. The Labute approximate surface area is 161 Å². The van der Waals surface area contributed by atoms with Gasteiger partial charge in [-0.1, -0.05) is 51.1 Å². The summed E-state index contributed by atoms with van der Waals surface area (Å²) in [6.07, 6.45) is 0.793. The number of hydrogen-bond donors (Lipinski definition) is 2. The largest absolute Gasteiger partial charge is 0.388 e. The topological polar surface area (TPSA) is 78.9 Å². The molecule has 0 aliphatic carbocycles. The number of carbonyl (C=O) groups is 2. The predicted molar refractivity (Wildman–Crippen MR) is 104 cm³/mol. The summed E-state index contributed by atoms with van der Waals surface area (Å²) in [5.41, 5.74) is -0.391. The fraction of sp³-hybridized carbons (Fsp3) is 0.619. The molecule has 2 N–H and O–H groups in total. The fourth-order valence-corrected chi connectivity index (χ4v) is 3.60. The van der Waals surface area contributed by atoms with Crippen LogP contribution in [0.4, 0.5) is 0 Å². The molecule has 0 saturated carbocycles. The van der Waals surface area contributed by atoms with Crippen LogP contribution in [0.5, 0.6) is 0 Å². The second kappa shape index (κ2) is 8.40. The van der Waals surface area contributed by atoms with Crippen molar-refractivity contribution in [2.75, 3.05) is 20.3 Å². The van der Waals surface area contributed by atoms with Crippen LogP contribution in [0.1, 0.15) is 52.1 Å². The number of carbonyl (C=O) groups excluding carboxylic acids is 2. The van der Waals surface area contributed by atoms with Crippen molar-refractivity contribution in [3.63, 3.8) is 0 Å². The first kappa shape index (κ1) is 21.4. The fourth-order valence-electron chi connectivity index (χ4n) is 3.60. The average molecular weight is 376 g/mol. The molecule has 0 unspecified atom stereocenters. The van der Waals surface area contributed by atoms with Gasteiger partial charge in [0.2, 0.25) is 11.8 Å². The van der Waals surface area contributed by atoms with Crippen molar-refractivity contribution < 1.29 is 19.4 Å². The Morgan fingerprint density at radius 3 is 2.48 bits per heavy atom. The van der Waals surface area contributed by atoms with Gasteiger partial charge in [0.15, 0.2) is 0 Å². The molecule has 2 rings (SSSR count). The molecule has 0 bridgehead atoms.